The van der Waals surface area contributed by atoms with Crippen LogP contribution in [0, 0.1) is 0 Å². The predicted octanol–water partition coefficient (Wildman–Crippen LogP) is 2.86. The van der Waals surface area contributed by atoms with Crippen molar-refractivity contribution in [2.45, 2.75) is 57.5 Å². The zero-order chi connectivity index (χ0) is 16.3. The molecule has 0 spiro atoms. The lowest BCUT2D eigenvalue weighted by Gasteiger charge is -2.43. The average Bonchev–Trinajstić information content (AvgIpc) is 2.54. The number of nitrogens with one attached hydrogen (secondary N) is 1. The quantitative estimate of drug-likeness (QED) is 0.813. The molecule has 1 saturated heterocycles. The van der Waals surface area contributed by atoms with Crippen LogP contribution >= 0.6 is 0 Å². The maximum absolute atomic E-state index is 12.3. The molecule has 1 aromatic rings. The third-order valence-electron chi connectivity index (χ3n) is 5.16. The Kier molecular flexibility index (Phi) is 5.39. The van der Waals surface area contributed by atoms with Gasteiger partial charge in [-0.2, -0.15) is 0 Å². The molecule has 1 aromatic carbocycles. The van der Waals surface area contributed by atoms with E-state index in [9.17, 15) is 8.42 Å². The molecule has 2 aliphatic rings. The number of sulfonamides is 1. The molecule has 0 bridgehead atoms. The molecule has 1 N–H and O–H groups in total. The monoisotopic (exact) mass is 336 g/mol. The Bertz CT molecular complexity index is 630. The lowest BCUT2D eigenvalue weighted by atomic mass is 9.85. The molecule has 5 heteroatoms. The smallest absolute Gasteiger partial charge is 0.211 e. The minimum Gasteiger partial charge on any atom is -0.296 e. The lowest BCUT2D eigenvalue weighted by molar-refractivity contribution is 0.122. The number of piperidine rings is 1. The Morgan fingerprint density at radius 2 is 2.04 bits per heavy atom. The van der Waals surface area contributed by atoms with E-state index in [2.05, 4.69) is 40.8 Å². The van der Waals surface area contributed by atoms with Crippen LogP contribution in [0.3, 0.4) is 0 Å². The number of benzene rings is 1. The molecule has 2 aliphatic heterocycles. The highest BCUT2D eigenvalue weighted by Crippen LogP contribution is 2.36. The van der Waals surface area contributed by atoms with Gasteiger partial charge in [-0.15, -0.1) is 0 Å². The van der Waals surface area contributed by atoms with Gasteiger partial charge in [0.2, 0.25) is 10.0 Å². The van der Waals surface area contributed by atoms with Gasteiger partial charge in [-0.05, 0) is 36.8 Å². The number of fused-ring (bicyclic) bond motifs is 3. The number of hydrogen-bond donors (Lipinski definition) is 1. The minimum atomic E-state index is -3.14. The zero-order valence-electron chi connectivity index (χ0n) is 14.0. The van der Waals surface area contributed by atoms with Crippen LogP contribution in [-0.4, -0.2) is 38.2 Å². The first kappa shape index (κ1) is 16.9. The predicted molar refractivity (Wildman–Crippen MR) is 93.9 cm³/mol. The van der Waals surface area contributed by atoms with Crippen LogP contribution in [-0.2, 0) is 16.4 Å². The van der Waals surface area contributed by atoms with Crippen LogP contribution in [0.1, 0.15) is 56.2 Å². The van der Waals surface area contributed by atoms with E-state index in [1.165, 1.54) is 11.1 Å². The normalized spacial score (nSPS) is 24.9. The standard InChI is InChI=1S/C18H28N2O2S/c1-2-3-6-13-23(21,22)19-16-10-12-20-11-9-15-7-4-5-8-17(15)18(20)14-16/h4-5,7-8,16,18-19H,2-3,6,9-14H2,1H3. The first-order valence-corrected chi connectivity index (χ1v) is 10.6. The summed E-state index contributed by atoms with van der Waals surface area (Å²) in [6.45, 7) is 4.18. The largest absolute Gasteiger partial charge is 0.296 e. The highest BCUT2D eigenvalue weighted by Gasteiger charge is 2.34. The van der Waals surface area contributed by atoms with Crippen LogP contribution in [0.2, 0.25) is 0 Å². The topological polar surface area (TPSA) is 49.4 Å². The highest BCUT2D eigenvalue weighted by atomic mass is 32.2. The van der Waals surface area contributed by atoms with Gasteiger partial charge >= 0.3 is 0 Å². The molecule has 1 fully saturated rings. The third-order valence-corrected chi connectivity index (χ3v) is 6.68. The van der Waals surface area contributed by atoms with Crippen LogP contribution in [0.15, 0.2) is 24.3 Å². The van der Waals surface area contributed by atoms with Gasteiger partial charge < -0.3 is 0 Å². The van der Waals surface area contributed by atoms with E-state index in [-0.39, 0.29) is 11.8 Å². The molecule has 128 valence electrons. The minimum absolute atomic E-state index is 0.0778. The molecule has 4 nitrogen and oxygen atoms in total. The second-order valence-electron chi connectivity index (χ2n) is 6.87. The van der Waals surface area contributed by atoms with E-state index in [1.54, 1.807) is 0 Å². The van der Waals surface area contributed by atoms with E-state index in [1.807, 2.05) is 0 Å². The van der Waals surface area contributed by atoms with Crippen molar-refractivity contribution in [3.63, 3.8) is 0 Å². The van der Waals surface area contributed by atoms with Gasteiger partial charge in [0.25, 0.3) is 0 Å². The molecule has 0 aliphatic carbocycles. The van der Waals surface area contributed by atoms with Crippen molar-refractivity contribution in [3.8, 4) is 0 Å². The van der Waals surface area contributed by atoms with Crippen molar-refractivity contribution >= 4 is 10.0 Å². The van der Waals surface area contributed by atoms with E-state index >= 15 is 0 Å². The summed E-state index contributed by atoms with van der Waals surface area (Å²) in [5.74, 6) is 0.266. The SMILES string of the molecule is CCCCCS(=O)(=O)NC1CCN2CCc3ccccc3C2C1. The Labute approximate surface area is 140 Å². The molecule has 23 heavy (non-hydrogen) atoms. The summed E-state index contributed by atoms with van der Waals surface area (Å²) in [7, 11) is -3.14. The average molecular weight is 337 g/mol. The second kappa shape index (κ2) is 7.32. The molecular weight excluding hydrogens is 308 g/mol. The molecule has 0 aromatic heterocycles. The van der Waals surface area contributed by atoms with Crippen LogP contribution in [0.25, 0.3) is 0 Å². The van der Waals surface area contributed by atoms with Crippen LogP contribution < -0.4 is 4.72 Å². The van der Waals surface area contributed by atoms with Crippen molar-refractivity contribution in [1.82, 2.24) is 9.62 Å². The first-order chi connectivity index (χ1) is 11.1. The van der Waals surface area contributed by atoms with Crippen LogP contribution in [0.4, 0.5) is 0 Å². The number of unbranched alkanes of at least 4 members (excludes halogenated alkanes) is 2. The second-order valence-corrected chi connectivity index (χ2v) is 8.74. The third kappa shape index (κ3) is 4.14. The van der Waals surface area contributed by atoms with Gasteiger partial charge in [0.15, 0.2) is 0 Å². The fraction of sp³-hybridized carbons (Fsp3) is 0.667. The Balaban J connectivity index is 1.65. The van der Waals surface area contributed by atoms with Crippen molar-refractivity contribution in [3.05, 3.63) is 35.4 Å². The Morgan fingerprint density at radius 3 is 2.87 bits per heavy atom. The van der Waals surface area contributed by atoms with Gasteiger partial charge in [-0.25, -0.2) is 13.1 Å². The Hall–Kier alpha value is -0.910. The van der Waals surface area contributed by atoms with Gasteiger partial charge in [-0.3, -0.25) is 4.90 Å². The maximum atomic E-state index is 12.3. The van der Waals surface area contributed by atoms with E-state index < -0.39 is 10.0 Å². The van der Waals surface area contributed by atoms with Gasteiger partial charge in [0.1, 0.15) is 0 Å². The van der Waals surface area contributed by atoms with Gasteiger partial charge in [0.05, 0.1) is 5.75 Å². The van der Waals surface area contributed by atoms with Crippen molar-refractivity contribution in [1.29, 1.82) is 0 Å². The molecule has 2 unspecified atom stereocenters. The molecule has 3 rings (SSSR count). The van der Waals surface area contributed by atoms with Crippen LogP contribution in [0.5, 0.6) is 0 Å². The Morgan fingerprint density at radius 1 is 1.22 bits per heavy atom. The van der Waals surface area contributed by atoms with E-state index in [4.69, 9.17) is 0 Å². The molecule has 0 saturated carbocycles. The molecule has 0 amide bonds. The summed E-state index contributed by atoms with van der Waals surface area (Å²) in [6.07, 6.45) is 5.72. The number of rotatable bonds is 6. The van der Waals surface area contributed by atoms with Gasteiger partial charge in [-0.1, -0.05) is 44.0 Å². The summed E-state index contributed by atoms with van der Waals surface area (Å²) in [6, 6.07) is 9.08. The summed E-state index contributed by atoms with van der Waals surface area (Å²) in [5, 5.41) is 0. The summed E-state index contributed by atoms with van der Waals surface area (Å²) < 4.78 is 27.5. The van der Waals surface area contributed by atoms with Gasteiger partial charge in [0, 0.05) is 25.2 Å². The van der Waals surface area contributed by atoms with Crippen molar-refractivity contribution < 1.29 is 8.42 Å². The number of nitrogens with zero attached hydrogens (tertiary/aromatic N) is 1. The highest BCUT2D eigenvalue weighted by molar-refractivity contribution is 7.89. The van der Waals surface area contributed by atoms with Crippen molar-refractivity contribution in [2.24, 2.45) is 0 Å². The molecule has 2 heterocycles. The summed E-state index contributed by atoms with van der Waals surface area (Å²) in [4.78, 5) is 2.52. The molecular formula is C18H28N2O2S. The number of hydrogen-bond acceptors (Lipinski definition) is 3. The fourth-order valence-electron chi connectivity index (χ4n) is 3.92. The fourth-order valence-corrected chi connectivity index (χ4v) is 5.34. The molecule has 0 radical (unpaired) electrons. The van der Waals surface area contributed by atoms with E-state index in [0.29, 0.717) is 6.04 Å². The summed E-state index contributed by atoms with van der Waals surface area (Å²) >= 11 is 0. The molecule has 2 atom stereocenters. The zero-order valence-corrected chi connectivity index (χ0v) is 14.8. The van der Waals surface area contributed by atoms with Crippen molar-refractivity contribution in [2.75, 3.05) is 18.8 Å². The maximum Gasteiger partial charge on any atom is 0.211 e. The summed E-state index contributed by atoms with van der Waals surface area (Å²) in [5.41, 5.74) is 2.83. The van der Waals surface area contributed by atoms with E-state index in [0.717, 1.165) is 51.6 Å². The first-order valence-electron chi connectivity index (χ1n) is 8.91. The lowest BCUT2D eigenvalue weighted by Crippen LogP contribution is -2.48.